The van der Waals surface area contributed by atoms with Crippen LogP contribution in [0.5, 0.6) is 0 Å². The van der Waals surface area contributed by atoms with Gasteiger partial charge in [-0.2, -0.15) is 0 Å². The Hall–Kier alpha value is -0.570. The Morgan fingerprint density at radius 3 is 2.62 bits per heavy atom. The molecule has 2 N–H and O–H groups in total. The normalized spacial score (nSPS) is 11.6. The Morgan fingerprint density at radius 1 is 1.54 bits per heavy atom. The molecule has 0 spiro atoms. The van der Waals surface area contributed by atoms with Gasteiger partial charge in [0.25, 0.3) is 0 Å². The van der Waals surface area contributed by atoms with Crippen LogP contribution in [0.25, 0.3) is 0 Å². The van der Waals surface area contributed by atoms with Gasteiger partial charge in [0.2, 0.25) is 0 Å². The molecule has 0 unspecified atom stereocenters. The summed E-state index contributed by atoms with van der Waals surface area (Å²) in [4.78, 5) is 0. The molecule has 0 aliphatic heterocycles. The number of benzene rings is 1. The fourth-order valence-corrected chi connectivity index (χ4v) is 1.19. The van der Waals surface area contributed by atoms with Crippen LogP contribution < -0.4 is 5.73 Å². The van der Waals surface area contributed by atoms with E-state index in [1.807, 2.05) is 0 Å². The second-order valence-electron chi connectivity index (χ2n) is 2.43. The van der Waals surface area contributed by atoms with E-state index in [9.17, 15) is 4.39 Å². The summed E-state index contributed by atoms with van der Waals surface area (Å²) < 4.78 is 12.6. The molecule has 0 saturated heterocycles. The largest absolute Gasteiger partial charge is 0.321 e. The Morgan fingerprint density at radius 2 is 2.15 bits per heavy atom. The van der Waals surface area contributed by atoms with E-state index < -0.39 is 0 Å². The van der Waals surface area contributed by atoms with Gasteiger partial charge in [-0.15, -0.1) is 19.0 Å². The molecule has 0 aliphatic carbocycles. The first-order valence-electron chi connectivity index (χ1n) is 3.48. The number of hydrogen-bond acceptors (Lipinski definition) is 1. The Labute approximate surface area is 87.8 Å². The summed E-state index contributed by atoms with van der Waals surface area (Å²) in [5, 5.41) is 0.336. The predicted molar refractivity (Wildman–Crippen MR) is 55.8 cm³/mol. The highest BCUT2D eigenvalue weighted by Crippen LogP contribution is 2.22. The SMILES string of the molecule is C=C[C@H](N)c1ccc(F)cc1Cl.Cl. The average Bonchev–Trinajstić information content (AvgIpc) is 2.03. The summed E-state index contributed by atoms with van der Waals surface area (Å²) in [6.45, 7) is 3.52. The standard InChI is InChI=1S/C9H9ClFN.ClH/c1-2-9(12)7-4-3-6(11)5-8(7)10;/h2-5,9H,1,12H2;1H/t9-;/m0./s1. The van der Waals surface area contributed by atoms with E-state index in [2.05, 4.69) is 6.58 Å². The van der Waals surface area contributed by atoms with E-state index in [0.717, 1.165) is 0 Å². The van der Waals surface area contributed by atoms with Gasteiger partial charge in [-0.25, -0.2) is 4.39 Å². The van der Waals surface area contributed by atoms with Crippen molar-refractivity contribution >= 4 is 24.0 Å². The maximum absolute atomic E-state index is 12.6. The molecule has 0 aromatic heterocycles. The zero-order valence-electron chi connectivity index (χ0n) is 6.84. The van der Waals surface area contributed by atoms with E-state index in [1.54, 1.807) is 12.1 Å². The molecule has 72 valence electrons. The summed E-state index contributed by atoms with van der Waals surface area (Å²) in [5.74, 6) is -0.361. The van der Waals surface area contributed by atoms with Gasteiger partial charge in [0, 0.05) is 11.1 Å². The van der Waals surface area contributed by atoms with Crippen molar-refractivity contribution in [3.63, 3.8) is 0 Å². The monoisotopic (exact) mass is 221 g/mol. The van der Waals surface area contributed by atoms with E-state index in [4.69, 9.17) is 17.3 Å². The maximum Gasteiger partial charge on any atom is 0.124 e. The van der Waals surface area contributed by atoms with Gasteiger partial charge in [-0.1, -0.05) is 23.7 Å². The van der Waals surface area contributed by atoms with Gasteiger partial charge in [0.1, 0.15) is 5.82 Å². The fourth-order valence-electron chi connectivity index (χ4n) is 0.899. The molecule has 0 radical (unpaired) electrons. The number of nitrogens with two attached hydrogens (primary N) is 1. The van der Waals surface area contributed by atoms with Gasteiger partial charge in [0.15, 0.2) is 0 Å². The highest BCUT2D eigenvalue weighted by atomic mass is 35.5. The third-order valence-electron chi connectivity index (χ3n) is 1.58. The second kappa shape index (κ2) is 5.22. The van der Waals surface area contributed by atoms with Crippen LogP contribution in [0, 0.1) is 5.82 Å². The first kappa shape index (κ1) is 12.4. The molecule has 1 rings (SSSR count). The zero-order chi connectivity index (χ0) is 9.14. The van der Waals surface area contributed by atoms with Crippen LogP contribution in [0.1, 0.15) is 11.6 Å². The summed E-state index contributed by atoms with van der Waals surface area (Å²) >= 11 is 5.74. The maximum atomic E-state index is 12.6. The van der Waals surface area contributed by atoms with Crippen LogP contribution in [-0.4, -0.2) is 0 Å². The predicted octanol–water partition coefficient (Wildman–Crippen LogP) is 3.09. The van der Waals surface area contributed by atoms with Gasteiger partial charge >= 0.3 is 0 Å². The fraction of sp³-hybridized carbons (Fsp3) is 0.111. The number of halogens is 3. The van der Waals surface area contributed by atoms with Gasteiger partial charge in [-0.05, 0) is 17.7 Å². The van der Waals surface area contributed by atoms with Crippen molar-refractivity contribution in [1.29, 1.82) is 0 Å². The van der Waals surface area contributed by atoms with Crippen molar-refractivity contribution < 1.29 is 4.39 Å². The van der Waals surface area contributed by atoms with E-state index in [0.29, 0.717) is 10.6 Å². The third-order valence-corrected chi connectivity index (χ3v) is 1.90. The van der Waals surface area contributed by atoms with Crippen LogP contribution in [0.15, 0.2) is 30.9 Å². The van der Waals surface area contributed by atoms with Gasteiger partial charge in [-0.3, -0.25) is 0 Å². The number of rotatable bonds is 2. The minimum Gasteiger partial charge on any atom is -0.321 e. The molecular weight excluding hydrogens is 212 g/mol. The second-order valence-corrected chi connectivity index (χ2v) is 2.83. The number of hydrogen-bond donors (Lipinski definition) is 1. The van der Waals surface area contributed by atoms with E-state index in [1.165, 1.54) is 12.1 Å². The molecule has 0 fully saturated rings. The van der Waals surface area contributed by atoms with Crippen LogP contribution >= 0.6 is 24.0 Å². The van der Waals surface area contributed by atoms with Crippen LogP contribution in [0.3, 0.4) is 0 Å². The molecule has 1 aromatic rings. The van der Waals surface area contributed by atoms with Gasteiger partial charge in [0.05, 0.1) is 0 Å². The molecule has 13 heavy (non-hydrogen) atoms. The van der Waals surface area contributed by atoms with Crippen LogP contribution in [-0.2, 0) is 0 Å². The highest BCUT2D eigenvalue weighted by molar-refractivity contribution is 6.31. The Balaban J connectivity index is 0.00000144. The topological polar surface area (TPSA) is 26.0 Å². The summed E-state index contributed by atoms with van der Waals surface area (Å²) in [5.41, 5.74) is 6.31. The third kappa shape index (κ3) is 2.99. The van der Waals surface area contributed by atoms with Crippen molar-refractivity contribution in [2.75, 3.05) is 0 Å². The van der Waals surface area contributed by atoms with Crippen LogP contribution in [0.4, 0.5) is 4.39 Å². The van der Waals surface area contributed by atoms with Gasteiger partial charge < -0.3 is 5.73 Å². The zero-order valence-corrected chi connectivity index (χ0v) is 8.41. The van der Waals surface area contributed by atoms with E-state index in [-0.39, 0.29) is 24.3 Å². The lowest BCUT2D eigenvalue weighted by atomic mass is 10.1. The van der Waals surface area contributed by atoms with Crippen molar-refractivity contribution in [2.24, 2.45) is 5.73 Å². The first-order valence-corrected chi connectivity index (χ1v) is 3.86. The average molecular weight is 222 g/mol. The molecule has 1 aromatic carbocycles. The summed E-state index contributed by atoms with van der Waals surface area (Å²) in [6, 6.07) is 3.78. The Kier molecular flexibility index (Phi) is 4.99. The molecular formula is C9H10Cl2FN. The van der Waals surface area contributed by atoms with Crippen molar-refractivity contribution in [3.05, 3.63) is 47.3 Å². The molecule has 0 aliphatic rings. The molecule has 0 bridgehead atoms. The lowest BCUT2D eigenvalue weighted by Gasteiger charge is -2.07. The summed E-state index contributed by atoms with van der Waals surface area (Å²) in [7, 11) is 0. The first-order chi connectivity index (χ1) is 5.65. The quantitative estimate of drug-likeness (QED) is 0.764. The molecule has 0 heterocycles. The minimum atomic E-state index is -0.361. The molecule has 1 nitrogen and oxygen atoms in total. The smallest absolute Gasteiger partial charge is 0.124 e. The van der Waals surface area contributed by atoms with Crippen LogP contribution in [0.2, 0.25) is 5.02 Å². The molecule has 0 amide bonds. The van der Waals surface area contributed by atoms with Crippen molar-refractivity contribution in [1.82, 2.24) is 0 Å². The summed E-state index contributed by atoms with van der Waals surface area (Å²) in [6.07, 6.45) is 1.55. The lowest BCUT2D eigenvalue weighted by molar-refractivity contribution is 0.626. The van der Waals surface area contributed by atoms with Crippen molar-refractivity contribution in [3.8, 4) is 0 Å². The van der Waals surface area contributed by atoms with E-state index >= 15 is 0 Å². The molecule has 0 saturated carbocycles. The minimum absolute atomic E-state index is 0. The highest BCUT2D eigenvalue weighted by Gasteiger charge is 2.06. The van der Waals surface area contributed by atoms with Crippen molar-refractivity contribution in [2.45, 2.75) is 6.04 Å². The molecule has 1 atom stereocenters. The Bertz CT molecular complexity index is 302. The molecule has 4 heteroatoms. The lowest BCUT2D eigenvalue weighted by Crippen LogP contribution is -2.06.